The fraction of sp³-hybridized carbons (Fsp3) is 0.417. The molecule has 0 heterocycles. The summed E-state index contributed by atoms with van der Waals surface area (Å²) in [5, 5.41) is 9.18. The quantitative estimate of drug-likeness (QED) is 0.859. The van der Waals surface area contributed by atoms with Crippen molar-refractivity contribution in [2.75, 3.05) is 0 Å². The molecule has 1 saturated carbocycles. The molecule has 86 valence electrons. The second kappa shape index (κ2) is 3.85. The molecule has 1 aliphatic carbocycles. The van der Waals surface area contributed by atoms with Crippen LogP contribution in [-0.2, 0) is 10.2 Å². The number of carboxylic acid groups (broad SMARTS) is 1. The summed E-state index contributed by atoms with van der Waals surface area (Å²) in [6.45, 7) is 0. The number of halogens is 2. The highest BCUT2D eigenvalue weighted by Crippen LogP contribution is 2.44. The molecule has 4 heteroatoms. The molecule has 1 aliphatic rings. The molecule has 0 spiro atoms. The average Bonchev–Trinajstić information content (AvgIpc) is 2.15. The maximum Gasteiger partial charge on any atom is 0.314 e. The van der Waals surface area contributed by atoms with Crippen LogP contribution >= 0.6 is 0 Å². The van der Waals surface area contributed by atoms with Crippen molar-refractivity contribution < 1.29 is 18.7 Å². The standard InChI is InChI=1S/C12H12F2O2/c13-10(14)8-3-1-4-9(7-8)12(11(15)16)5-2-6-12/h1,3-4,7,10H,2,5-6H2,(H,15,16). The minimum absolute atomic E-state index is 0.106. The number of carbonyl (C=O) groups is 1. The number of carboxylic acids is 1. The second-order valence-corrected chi connectivity index (χ2v) is 4.17. The van der Waals surface area contributed by atoms with Crippen LogP contribution in [0, 0.1) is 0 Å². The molecule has 1 aromatic carbocycles. The Labute approximate surface area is 91.9 Å². The molecular formula is C12H12F2O2. The molecule has 0 saturated heterocycles. The van der Waals surface area contributed by atoms with E-state index in [-0.39, 0.29) is 5.56 Å². The Morgan fingerprint density at radius 3 is 2.50 bits per heavy atom. The normalized spacial score (nSPS) is 18.2. The van der Waals surface area contributed by atoms with E-state index < -0.39 is 17.8 Å². The van der Waals surface area contributed by atoms with Gasteiger partial charge in [0.15, 0.2) is 0 Å². The first kappa shape index (κ1) is 11.0. The Hall–Kier alpha value is -1.45. The molecule has 16 heavy (non-hydrogen) atoms. The lowest BCUT2D eigenvalue weighted by molar-refractivity contribution is -0.147. The van der Waals surface area contributed by atoms with Gasteiger partial charge in [0.1, 0.15) is 0 Å². The Balaban J connectivity index is 2.39. The molecule has 0 radical (unpaired) electrons. The van der Waals surface area contributed by atoms with Crippen LogP contribution in [0.1, 0.15) is 36.8 Å². The summed E-state index contributed by atoms with van der Waals surface area (Å²) in [7, 11) is 0. The third-order valence-electron chi connectivity index (χ3n) is 3.31. The van der Waals surface area contributed by atoms with Crippen LogP contribution in [0.2, 0.25) is 0 Å². The summed E-state index contributed by atoms with van der Waals surface area (Å²) in [6.07, 6.45) is -0.638. The fourth-order valence-corrected chi connectivity index (χ4v) is 2.13. The van der Waals surface area contributed by atoms with E-state index >= 15 is 0 Å². The van der Waals surface area contributed by atoms with Crippen LogP contribution in [0.3, 0.4) is 0 Å². The van der Waals surface area contributed by atoms with Gasteiger partial charge in [-0.1, -0.05) is 24.6 Å². The van der Waals surface area contributed by atoms with Gasteiger partial charge in [0.05, 0.1) is 5.41 Å². The van der Waals surface area contributed by atoms with Crippen molar-refractivity contribution in [3.63, 3.8) is 0 Å². The Morgan fingerprint density at radius 1 is 1.38 bits per heavy atom. The summed E-state index contributed by atoms with van der Waals surface area (Å²) >= 11 is 0. The van der Waals surface area contributed by atoms with Gasteiger partial charge in [-0.2, -0.15) is 0 Å². The van der Waals surface area contributed by atoms with E-state index in [0.717, 1.165) is 6.42 Å². The number of aliphatic carboxylic acids is 1. The van der Waals surface area contributed by atoms with E-state index in [1.165, 1.54) is 18.2 Å². The Bertz CT molecular complexity index is 411. The van der Waals surface area contributed by atoms with E-state index in [2.05, 4.69) is 0 Å². The third kappa shape index (κ3) is 1.58. The number of benzene rings is 1. The predicted molar refractivity (Wildman–Crippen MR) is 54.6 cm³/mol. The summed E-state index contributed by atoms with van der Waals surface area (Å²) in [5.74, 6) is -0.912. The molecule has 0 aliphatic heterocycles. The van der Waals surface area contributed by atoms with E-state index in [1.807, 2.05) is 0 Å². The molecule has 0 bridgehead atoms. The van der Waals surface area contributed by atoms with Crippen LogP contribution in [-0.4, -0.2) is 11.1 Å². The van der Waals surface area contributed by atoms with Crippen LogP contribution in [0.4, 0.5) is 8.78 Å². The minimum atomic E-state index is -2.55. The summed E-state index contributed by atoms with van der Waals surface area (Å²) < 4.78 is 25.0. The van der Waals surface area contributed by atoms with E-state index in [1.54, 1.807) is 6.07 Å². The van der Waals surface area contributed by atoms with Crippen molar-refractivity contribution >= 4 is 5.97 Å². The second-order valence-electron chi connectivity index (χ2n) is 4.17. The Morgan fingerprint density at radius 2 is 2.06 bits per heavy atom. The highest BCUT2D eigenvalue weighted by Gasteiger charge is 2.46. The topological polar surface area (TPSA) is 37.3 Å². The van der Waals surface area contributed by atoms with Gasteiger partial charge >= 0.3 is 5.97 Å². The van der Waals surface area contributed by atoms with E-state index in [0.29, 0.717) is 18.4 Å². The average molecular weight is 226 g/mol. The van der Waals surface area contributed by atoms with Crippen molar-refractivity contribution in [2.24, 2.45) is 0 Å². The largest absolute Gasteiger partial charge is 0.481 e. The number of rotatable bonds is 3. The first-order valence-corrected chi connectivity index (χ1v) is 5.18. The monoisotopic (exact) mass is 226 g/mol. The first-order valence-electron chi connectivity index (χ1n) is 5.18. The highest BCUT2D eigenvalue weighted by atomic mass is 19.3. The molecular weight excluding hydrogens is 214 g/mol. The molecule has 2 rings (SSSR count). The van der Waals surface area contributed by atoms with Gasteiger partial charge < -0.3 is 5.11 Å². The van der Waals surface area contributed by atoms with Crippen molar-refractivity contribution in [2.45, 2.75) is 31.1 Å². The molecule has 1 fully saturated rings. The van der Waals surface area contributed by atoms with Crippen molar-refractivity contribution in [3.05, 3.63) is 35.4 Å². The number of hydrogen-bond donors (Lipinski definition) is 1. The summed E-state index contributed by atoms with van der Waals surface area (Å²) in [6, 6.07) is 5.76. The molecule has 1 aromatic rings. The van der Waals surface area contributed by atoms with Gasteiger partial charge in [-0.3, -0.25) is 4.79 Å². The van der Waals surface area contributed by atoms with Gasteiger partial charge in [0.25, 0.3) is 6.43 Å². The lowest BCUT2D eigenvalue weighted by Crippen LogP contribution is -2.42. The van der Waals surface area contributed by atoms with Gasteiger partial charge in [-0.05, 0) is 24.5 Å². The highest BCUT2D eigenvalue weighted by molar-refractivity contribution is 5.82. The zero-order chi connectivity index (χ0) is 11.8. The molecule has 0 atom stereocenters. The van der Waals surface area contributed by atoms with Crippen LogP contribution < -0.4 is 0 Å². The number of alkyl halides is 2. The van der Waals surface area contributed by atoms with Crippen molar-refractivity contribution in [3.8, 4) is 0 Å². The maximum atomic E-state index is 12.5. The van der Waals surface area contributed by atoms with Crippen molar-refractivity contribution in [1.82, 2.24) is 0 Å². The van der Waals surface area contributed by atoms with Crippen LogP contribution in [0.15, 0.2) is 24.3 Å². The smallest absolute Gasteiger partial charge is 0.314 e. The molecule has 2 nitrogen and oxygen atoms in total. The minimum Gasteiger partial charge on any atom is -0.481 e. The fourth-order valence-electron chi connectivity index (χ4n) is 2.13. The number of hydrogen-bond acceptors (Lipinski definition) is 1. The van der Waals surface area contributed by atoms with Gasteiger partial charge in [-0.15, -0.1) is 0 Å². The van der Waals surface area contributed by atoms with Gasteiger partial charge in [0, 0.05) is 5.56 Å². The summed E-state index contributed by atoms with van der Waals surface area (Å²) in [5.41, 5.74) is -0.528. The molecule has 0 amide bonds. The maximum absolute atomic E-state index is 12.5. The van der Waals surface area contributed by atoms with Crippen LogP contribution in [0.5, 0.6) is 0 Å². The molecule has 0 aromatic heterocycles. The van der Waals surface area contributed by atoms with Crippen molar-refractivity contribution in [1.29, 1.82) is 0 Å². The Kier molecular flexibility index (Phi) is 2.66. The zero-order valence-corrected chi connectivity index (χ0v) is 8.62. The lowest BCUT2D eigenvalue weighted by Gasteiger charge is -2.38. The SMILES string of the molecule is O=C(O)C1(c2cccc(C(F)F)c2)CCC1. The molecule has 1 N–H and O–H groups in total. The first-order chi connectivity index (χ1) is 7.56. The molecule has 0 unspecified atom stereocenters. The third-order valence-corrected chi connectivity index (χ3v) is 3.31. The zero-order valence-electron chi connectivity index (χ0n) is 8.62. The van der Waals surface area contributed by atoms with Gasteiger partial charge in [0.2, 0.25) is 0 Å². The predicted octanol–water partition coefficient (Wildman–Crippen LogP) is 3.13. The van der Waals surface area contributed by atoms with E-state index in [4.69, 9.17) is 0 Å². The van der Waals surface area contributed by atoms with Gasteiger partial charge in [-0.25, -0.2) is 8.78 Å². The lowest BCUT2D eigenvalue weighted by atomic mass is 9.64. The van der Waals surface area contributed by atoms with E-state index in [9.17, 15) is 18.7 Å². The van der Waals surface area contributed by atoms with Crippen LogP contribution in [0.25, 0.3) is 0 Å². The summed E-state index contributed by atoms with van der Waals surface area (Å²) in [4.78, 5) is 11.2.